The van der Waals surface area contributed by atoms with Crippen LogP contribution >= 0.6 is 24.0 Å². The van der Waals surface area contributed by atoms with Gasteiger partial charge in [-0.2, -0.15) is 4.98 Å². The molecule has 1 aromatic carbocycles. The van der Waals surface area contributed by atoms with Gasteiger partial charge in [-0.3, -0.25) is 0 Å². The third-order valence-corrected chi connectivity index (χ3v) is 4.07. The van der Waals surface area contributed by atoms with Crippen LogP contribution in [0.15, 0.2) is 27.7 Å². The molecule has 0 amide bonds. The highest BCUT2D eigenvalue weighted by Gasteiger charge is 2.09. The van der Waals surface area contributed by atoms with Gasteiger partial charge in [-0.1, -0.05) is 25.1 Å². The summed E-state index contributed by atoms with van der Waals surface area (Å²) in [4.78, 5) is 9.03. The maximum absolute atomic E-state index is 5.34. The Morgan fingerprint density at radius 2 is 1.93 bits per heavy atom. The van der Waals surface area contributed by atoms with Crippen molar-refractivity contribution in [1.29, 1.82) is 0 Å². The van der Waals surface area contributed by atoms with Gasteiger partial charge in [0.1, 0.15) is 0 Å². The molecule has 8 nitrogen and oxygen atoms in total. The largest absolute Gasteiger partial charge is 0.493 e. The van der Waals surface area contributed by atoms with E-state index in [1.165, 1.54) is 0 Å². The van der Waals surface area contributed by atoms with Crippen molar-refractivity contribution in [3.05, 3.63) is 35.5 Å². The maximum atomic E-state index is 5.34. The van der Waals surface area contributed by atoms with Crippen molar-refractivity contribution in [3.8, 4) is 11.5 Å². The minimum absolute atomic E-state index is 0. The van der Waals surface area contributed by atoms with E-state index in [-0.39, 0.29) is 29.9 Å². The van der Waals surface area contributed by atoms with Crippen LogP contribution in [0.5, 0.6) is 11.5 Å². The number of nitrogens with one attached hydrogen (secondary N) is 2. The molecule has 1 heterocycles. The van der Waals surface area contributed by atoms with Crippen LogP contribution in [-0.2, 0) is 13.0 Å². The lowest BCUT2D eigenvalue weighted by molar-refractivity contribution is 0.354. The first-order valence-corrected chi connectivity index (χ1v) is 9.62. The van der Waals surface area contributed by atoms with Crippen molar-refractivity contribution in [2.24, 2.45) is 4.99 Å². The monoisotopic (exact) mass is 517 g/mol. The van der Waals surface area contributed by atoms with Gasteiger partial charge in [0, 0.05) is 25.4 Å². The topological polar surface area (TPSA) is 93.8 Å². The molecular weight excluding hydrogens is 485 g/mol. The van der Waals surface area contributed by atoms with Crippen LogP contribution in [-0.4, -0.2) is 43.4 Å². The molecule has 0 fully saturated rings. The van der Waals surface area contributed by atoms with Crippen LogP contribution in [0.1, 0.15) is 50.4 Å². The minimum Gasteiger partial charge on any atom is -0.493 e. The number of halogens is 1. The summed E-state index contributed by atoms with van der Waals surface area (Å²) in [6.07, 6.45) is 1.61. The fourth-order valence-corrected chi connectivity index (χ4v) is 2.54. The number of hydrogen-bond donors (Lipinski definition) is 2. The lowest BCUT2D eigenvalue weighted by atomic mass is 10.2. The molecule has 0 aliphatic heterocycles. The van der Waals surface area contributed by atoms with E-state index >= 15 is 0 Å². The van der Waals surface area contributed by atoms with Gasteiger partial charge in [0.2, 0.25) is 5.89 Å². The molecule has 0 radical (unpaired) electrons. The highest BCUT2D eigenvalue weighted by Crippen LogP contribution is 2.27. The summed E-state index contributed by atoms with van der Waals surface area (Å²) in [5.41, 5.74) is 1.04. The van der Waals surface area contributed by atoms with Gasteiger partial charge in [-0.15, -0.1) is 24.0 Å². The number of nitrogens with zero attached hydrogens (tertiary/aromatic N) is 3. The number of hydrogen-bond acceptors (Lipinski definition) is 6. The standard InChI is InChI=1S/C20H31N5O3.HI/c1-6-21-20(22-11-7-8-18-24-19(14(2)3)25-28-18)23-13-15-9-10-16(26-4)17(12-15)27-5;/h9-10,12,14H,6-8,11,13H2,1-5H3,(H2,21,22,23);1H. The molecule has 2 N–H and O–H groups in total. The zero-order valence-electron chi connectivity index (χ0n) is 17.8. The number of aliphatic imine (C=N–C) groups is 1. The number of rotatable bonds is 10. The van der Waals surface area contributed by atoms with Crippen LogP contribution in [0, 0.1) is 0 Å². The molecule has 0 spiro atoms. The Morgan fingerprint density at radius 3 is 2.55 bits per heavy atom. The number of aromatic nitrogens is 2. The van der Waals surface area contributed by atoms with E-state index in [0.29, 0.717) is 23.9 Å². The third kappa shape index (κ3) is 8.08. The van der Waals surface area contributed by atoms with E-state index in [9.17, 15) is 0 Å². The Bertz CT molecular complexity index is 764. The molecule has 2 rings (SSSR count). The highest BCUT2D eigenvalue weighted by molar-refractivity contribution is 14.0. The fourth-order valence-electron chi connectivity index (χ4n) is 2.54. The molecule has 0 saturated carbocycles. The van der Waals surface area contributed by atoms with E-state index in [4.69, 9.17) is 14.0 Å². The highest BCUT2D eigenvalue weighted by atomic mass is 127. The van der Waals surface area contributed by atoms with Crippen molar-refractivity contribution < 1.29 is 14.0 Å². The van der Waals surface area contributed by atoms with Crippen LogP contribution in [0.3, 0.4) is 0 Å². The Hall–Kier alpha value is -2.04. The molecular formula is C20H32IN5O3. The van der Waals surface area contributed by atoms with Crippen LogP contribution in [0.4, 0.5) is 0 Å². The summed E-state index contributed by atoms with van der Waals surface area (Å²) in [5, 5.41) is 10.6. The molecule has 1 aromatic heterocycles. The van der Waals surface area contributed by atoms with Crippen molar-refractivity contribution in [2.75, 3.05) is 27.3 Å². The van der Waals surface area contributed by atoms with Crippen molar-refractivity contribution in [1.82, 2.24) is 20.8 Å². The fraction of sp³-hybridized carbons (Fsp3) is 0.550. The van der Waals surface area contributed by atoms with Gasteiger partial charge in [0.05, 0.1) is 20.8 Å². The Morgan fingerprint density at radius 1 is 1.17 bits per heavy atom. The molecule has 9 heteroatoms. The number of methoxy groups -OCH3 is 2. The average Bonchev–Trinajstić information content (AvgIpc) is 3.18. The Kier molecular flexibility index (Phi) is 11.4. The smallest absolute Gasteiger partial charge is 0.226 e. The zero-order valence-corrected chi connectivity index (χ0v) is 20.1. The first-order valence-electron chi connectivity index (χ1n) is 9.62. The Balaban J connectivity index is 0.00000420. The van der Waals surface area contributed by atoms with Gasteiger partial charge in [0.25, 0.3) is 0 Å². The van der Waals surface area contributed by atoms with Crippen molar-refractivity contribution in [3.63, 3.8) is 0 Å². The summed E-state index contributed by atoms with van der Waals surface area (Å²) >= 11 is 0. The molecule has 0 aliphatic carbocycles. The van der Waals surface area contributed by atoms with E-state index in [1.807, 2.05) is 39.0 Å². The average molecular weight is 517 g/mol. The van der Waals surface area contributed by atoms with Crippen molar-refractivity contribution in [2.45, 2.75) is 46.1 Å². The summed E-state index contributed by atoms with van der Waals surface area (Å²) in [7, 11) is 3.25. The van der Waals surface area contributed by atoms with E-state index in [0.717, 1.165) is 43.3 Å². The number of benzene rings is 1. The third-order valence-electron chi connectivity index (χ3n) is 4.07. The summed E-state index contributed by atoms with van der Waals surface area (Å²) < 4.78 is 15.9. The molecule has 162 valence electrons. The lowest BCUT2D eigenvalue weighted by Crippen LogP contribution is -2.37. The molecule has 0 atom stereocenters. The summed E-state index contributed by atoms with van der Waals surface area (Å²) in [5.74, 6) is 3.89. The maximum Gasteiger partial charge on any atom is 0.226 e. The lowest BCUT2D eigenvalue weighted by Gasteiger charge is -2.12. The summed E-state index contributed by atoms with van der Waals surface area (Å²) in [6, 6.07) is 5.81. The van der Waals surface area contributed by atoms with E-state index in [2.05, 4.69) is 25.8 Å². The molecule has 29 heavy (non-hydrogen) atoms. The first-order chi connectivity index (χ1) is 13.6. The molecule has 0 unspecified atom stereocenters. The minimum atomic E-state index is 0. The number of guanidine groups is 1. The quantitative estimate of drug-likeness (QED) is 0.216. The molecule has 2 aromatic rings. The van der Waals surface area contributed by atoms with Gasteiger partial charge in [-0.05, 0) is 31.0 Å². The van der Waals surface area contributed by atoms with Crippen LogP contribution in [0.25, 0.3) is 0 Å². The summed E-state index contributed by atoms with van der Waals surface area (Å²) in [6.45, 7) is 8.23. The van der Waals surface area contributed by atoms with Crippen molar-refractivity contribution >= 4 is 29.9 Å². The normalized spacial score (nSPS) is 11.2. The van der Waals surface area contributed by atoms with E-state index in [1.54, 1.807) is 14.2 Å². The number of ether oxygens (including phenoxy) is 2. The second-order valence-corrected chi connectivity index (χ2v) is 6.62. The zero-order chi connectivity index (χ0) is 20.4. The SMILES string of the molecule is CCNC(=NCc1ccc(OC)c(OC)c1)NCCCc1nc(C(C)C)no1.I. The second kappa shape index (κ2) is 13.2. The second-order valence-electron chi connectivity index (χ2n) is 6.62. The van der Waals surface area contributed by atoms with Gasteiger partial charge < -0.3 is 24.6 Å². The van der Waals surface area contributed by atoms with E-state index < -0.39 is 0 Å². The van der Waals surface area contributed by atoms with Gasteiger partial charge >= 0.3 is 0 Å². The number of aryl methyl sites for hydroxylation is 1. The van der Waals surface area contributed by atoms with Crippen LogP contribution in [0.2, 0.25) is 0 Å². The molecule has 0 saturated heterocycles. The first kappa shape index (κ1) is 25.0. The molecule has 0 bridgehead atoms. The van der Waals surface area contributed by atoms with Gasteiger partial charge in [0.15, 0.2) is 23.3 Å². The predicted octanol–water partition coefficient (Wildman–Crippen LogP) is 3.52. The molecule has 0 aliphatic rings. The predicted molar refractivity (Wildman–Crippen MR) is 124 cm³/mol. The van der Waals surface area contributed by atoms with Crippen LogP contribution < -0.4 is 20.1 Å². The Labute approximate surface area is 189 Å². The van der Waals surface area contributed by atoms with Gasteiger partial charge in [-0.25, -0.2) is 4.99 Å².